The quantitative estimate of drug-likeness (QED) is 0.291. The molecule has 2 atom stereocenters. The largest absolute Gasteiger partial charge is 0.468 e. The zero-order chi connectivity index (χ0) is 23.8. The first-order valence-electron chi connectivity index (χ1n) is 10.9. The Morgan fingerprint density at radius 3 is 2.59 bits per heavy atom. The van der Waals surface area contributed by atoms with Crippen molar-refractivity contribution in [1.82, 2.24) is 5.32 Å². The van der Waals surface area contributed by atoms with Gasteiger partial charge in [-0.2, -0.15) is 0 Å². The molecular weight excluding hydrogens is 430 g/mol. The minimum Gasteiger partial charge on any atom is -0.468 e. The van der Waals surface area contributed by atoms with Crippen molar-refractivity contribution in [3.05, 3.63) is 36.3 Å². The fraction of sp³-hybridized carbons (Fsp3) is 0.625. The predicted octanol–water partition coefficient (Wildman–Crippen LogP) is 5.11. The number of esters is 2. The van der Waals surface area contributed by atoms with Gasteiger partial charge in [-0.3, -0.25) is 9.59 Å². The van der Waals surface area contributed by atoms with Gasteiger partial charge in [-0.15, -0.1) is 0 Å². The van der Waals surface area contributed by atoms with Crippen LogP contribution in [-0.2, 0) is 24.8 Å². The SMILES string of the molecule is C=C(C)C(=O)OCCOC(=O)CC1CC(C)(C)CC(C)(CNC(=O)SCc2ccco2)C1. The van der Waals surface area contributed by atoms with E-state index in [4.69, 9.17) is 13.9 Å². The maximum Gasteiger partial charge on any atom is 0.333 e. The van der Waals surface area contributed by atoms with Crippen LogP contribution in [0.2, 0.25) is 0 Å². The van der Waals surface area contributed by atoms with Crippen LogP contribution in [0.4, 0.5) is 4.79 Å². The molecule has 2 rings (SSSR count). The minimum absolute atomic E-state index is 0.0208. The molecule has 1 heterocycles. The van der Waals surface area contributed by atoms with Gasteiger partial charge in [0.2, 0.25) is 0 Å². The van der Waals surface area contributed by atoms with E-state index in [2.05, 4.69) is 32.7 Å². The molecule has 1 aromatic rings. The summed E-state index contributed by atoms with van der Waals surface area (Å²) >= 11 is 1.19. The molecule has 0 bridgehead atoms. The number of rotatable bonds is 10. The Hall–Kier alpha value is -2.22. The van der Waals surface area contributed by atoms with Gasteiger partial charge in [0, 0.05) is 18.5 Å². The number of hydrogen-bond acceptors (Lipinski definition) is 7. The van der Waals surface area contributed by atoms with Gasteiger partial charge in [0.05, 0.1) is 12.0 Å². The van der Waals surface area contributed by atoms with Crippen molar-refractivity contribution in [2.45, 2.75) is 59.1 Å². The topological polar surface area (TPSA) is 94.8 Å². The van der Waals surface area contributed by atoms with Gasteiger partial charge < -0.3 is 19.2 Å². The van der Waals surface area contributed by atoms with Crippen LogP contribution < -0.4 is 5.32 Å². The molecule has 8 heteroatoms. The van der Waals surface area contributed by atoms with Crippen LogP contribution in [-0.4, -0.2) is 36.9 Å². The van der Waals surface area contributed by atoms with Crippen molar-refractivity contribution in [2.24, 2.45) is 16.7 Å². The summed E-state index contributed by atoms with van der Waals surface area (Å²) in [6, 6.07) is 3.65. The fourth-order valence-electron chi connectivity index (χ4n) is 4.70. The lowest BCUT2D eigenvalue weighted by Crippen LogP contribution is -2.43. The number of carbonyl (C=O) groups is 3. The van der Waals surface area contributed by atoms with Crippen LogP contribution in [0, 0.1) is 16.7 Å². The van der Waals surface area contributed by atoms with Crippen molar-refractivity contribution < 1.29 is 28.3 Å². The first-order chi connectivity index (χ1) is 15.0. The lowest BCUT2D eigenvalue weighted by Gasteiger charge is -2.46. The molecule has 0 aromatic carbocycles. The van der Waals surface area contributed by atoms with Crippen LogP contribution in [0.25, 0.3) is 0 Å². The zero-order valence-electron chi connectivity index (χ0n) is 19.5. The predicted molar refractivity (Wildman–Crippen MR) is 124 cm³/mol. The first kappa shape index (κ1) is 26.0. The monoisotopic (exact) mass is 465 g/mol. The first-order valence-corrected chi connectivity index (χ1v) is 11.9. The minimum atomic E-state index is -0.491. The van der Waals surface area contributed by atoms with E-state index in [0.717, 1.165) is 25.0 Å². The molecule has 0 radical (unpaired) electrons. The number of thioether (sulfide) groups is 1. The molecule has 0 aliphatic heterocycles. The molecule has 178 valence electrons. The second kappa shape index (κ2) is 11.6. The van der Waals surface area contributed by atoms with Crippen LogP contribution in [0.15, 0.2) is 35.0 Å². The van der Waals surface area contributed by atoms with Gasteiger partial charge in [0.15, 0.2) is 0 Å². The molecule has 1 fully saturated rings. The third-order valence-electron chi connectivity index (χ3n) is 5.50. The summed E-state index contributed by atoms with van der Waals surface area (Å²) in [6.07, 6.45) is 4.63. The van der Waals surface area contributed by atoms with Gasteiger partial charge in [0.25, 0.3) is 5.24 Å². The number of furan rings is 1. The highest BCUT2D eigenvalue weighted by Gasteiger charge is 2.42. The number of carbonyl (C=O) groups excluding carboxylic acids is 3. The van der Waals surface area contributed by atoms with Gasteiger partial charge in [-0.05, 0) is 55.1 Å². The number of nitrogens with one attached hydrogen (secondary N) is 1. The second-order valence-corrected chi connectivity index (χ2v) is 10.7. The maximum absolute atomic E-state index is 12.3. The van der Waals surface area contributed by atoms with E-state index in [1.54, 1.807) is 19.3 Å². The molecule has 1 aliphatic rings. The van der Waals surface area contributed by atoms with Crippen LogP contribution in [0.1, 0.15) is 59.1 Å². The smallest absolute Gasteiger partial charge is 0.333 e. The van der Waals surface area contributed by atoms with Crippen LogP contribution in [0.3, 0.4) is 0 Å². The summed E-state index contributed by atoms with van der Waals surface area (Å²) in [6.45, 7) is 12.3. The Morgan fingerprint density at radius 1 is 1.22 bits per heavy atom. The Morgan fingerprint density at radius 2 is 1.94 bits per heavy atom. The summed E-state index contributed by atoms with van der Waals surface area (Å²) < 4.78 is 15.5. The normalized spacial score (nSPS) is 22.1. The highest BCUT2D eigenvalue weighted by Crippen LogP contribution is 2.49. The van der Waals surface area contributed by atoms with E-state index in [1.807, 2.05) is 6.07 Å². The van der Waals surface area contributed by atoms with E-state index >= 15 is 0 Å². The van der Waals surface area contributed by atoms with Crippen LogP contribution in [0.5, 0.6) is 0 Å². The highest BCUT2D eigenvalue weighted by atomic mass is 32.2. The molecule has 0 spiro atoms. The molecule has 1 amide bonds. The number of ether oxygens (including phenoxy) is 2. The van der Waals surface area contributed by atoms with Crippen molar-refractivity contribution in [3.8, 4) is 0 Å². The van der Waals surface area contributed by atoms with E-state index in [9.17, 15) is 14.4 Å². The third kappa shape index (κ3) is 9.10. The lowest BCUT2D eigenvalue weighted by molar-refractivity contribution is -0.151. The summed E-state index contributed by atoms with van der Waals surface area (Å²) in [5.41, 5.74) is 0.262. The van der Waals surface area contributed by atoms with E-state index in [-0.39, 0.29) is 41.2 Å². The van der Waals surface area contributed by atoms with Gasteiger partial charge in [-0.25, -0.2) is 4.79 Å². The molecule has 32 heavy (non-hydrogen) atoms. The molecule has 0 saturated heterocycles. The zero-order valence-corrected chi connectivity index (χ0v) is 20.3. The van der Waals surface area contributed by atoms with Crippen molar-refractivity contribution in [1.29, 1.82) is 0 Å². The average Bonchev–Trinajstić information content (AvgIpc) is 3.20. The summed E-state index contributed by atoms with van der Waals surface area (Å²) in [5, 5.41) is 2.96. The molecule has 7 nitrogen and oxygen atoms in total. The highest BCUT2D eigenvalue weighted by molar-refractivity contribution is 8.12. The van der Waals surface area contributed by atoms with E-state index in [1.165, 1.54) is 11.8 Å². The Balaban J connectivity index is 1.78. The number of hydrogen-bond donors (Lipinski definition) is 1. The molecular formula is C24H35NO6S. The van der Waals surface area contributed by atoms with Crippen LogP contribution >= 0.6 is 11.8 Å². The molecule has 1 N–H and O–H groups in total. The molecule has 1 aliphatic carbocycles. The van der Waals surface area contributed by atoms with Gasteiger partial charge >= 0.3 is 11.9 Å². The Labute approximate surface area is 194 Å². The fourth-order valence-corrected chi connectivity index (χ4v) is 5.32. The lowest BCUT2D eigenvalue weighted by atomic mass is 9.60. The summed E-state index contributed by atoms with van der Waals surface area (Å²) in [7, 11) is 0. The Bertz CT molecular complexity index is 803. The molecule has 2 unspecified atom stereocenters. The molecule has 1 aromatic heterocycles. The third-order valence-corrected chi connectivity index (χ3v) is 6.33. The van der Waals surface area contributed by atoms with E-state index in [0.29, 0.717) is 24.3 Å². The van der Waals surface area contributed by atoms with Gasteiger partial charge in [-0.1, -0.05) is 39.1 Å². The van der Waals surface area contributed by atoms with Gasteiger partial charge in [0.1, 0.15) is 19.0 Å². The second-order valence-electron chi connectivity index (χ2n) is 9.78. The summed E-state index contributed by atoms with van der Waals surface area (Å²) in [5.74, 6) is 0.650. The van der Waals surface area contributed by atoms with Crippen molar-refractivity contribution >= 4 is 28.9 Å². The van der Waals surface area contributed by atoms with E-state index < -0.39 is 5.97 Å². The van der Waals surface area contributed by atoms with Crippen molar-refractivity contribution in [2.75, 3.05) is 19.8 Å². The molecule has 1 saturated carbocycles. The standard InChI is InChI=1S/C24H35NO6S/c1-17(2)21(27)31-10-9-30-20(26)11-18-12-23(3,4)15-24(5,13-18)16-25-22(28)32-14-19-7-6-8-29-19/h6-8,18H,1,9-16H2,2-5H3,(H,25,28). The summed E-state index contributed by atoms with van der Waals surface area (Å²) in [4.78, 5) is 35.9. The number of amides is 1. The average molecular weight is 466 g/mol. The maximum atomic E-state index is 12.3. The Kier molecular flexibility index (Phi) is 9.43. The van der Waals surface area contributed by atoms with Crippen molar-refractivity contribution in [3.63, 3.8) is 0 Å².